The summed E-state index contributed by atoms with van der Waals surface area (Å²) in [6.45, 7) is 0. The molecule has 49 heavy (non-hydrogen) atoms. The molecule has 1 aliphatic rings. The van der Waals surface area contributed by atoms with Crippen molar-refractivity contribution in [3.63, 3.8) is 0 Å². The second-order valence-electron chi connectivity index (χ2n) is 13.2. The first-order valence-corrected chi connectivity index (χ1v) is 16.8. The van der Waals surface area contributed by atoms with Crippen molar-refractivity contribution in [1.82, 2.24) is 4.57 Å². The van der Waals surface area contributed by atoms with E-state index in [9.17, 15) is 0 Å². The number of nitrogens with zero attached hydrogens (tertiary/aromatic N) is 1. The van der Waals surface area contributed by atoms with Gasteiger partial charge in [0.05, 0.1) is 16.4 Å². The standard InChI is InChI=1S/C46H25NO2/c1-3-10-26(11-4-1)28-14-7-15-30(24-28)47-35-22-20-29(27-12-5-2-6-13-27)25-34(35)42-45(47)33-21-23-38-43-39-31(16-8-18-36(39)48-38)32-17-9-19-37-40(32)44(41(33)43)46(42)49-37/h1-25H. The summed E-state index contributed by atoms with van der Waals surface area (Å²) in [4.78, 5) is 0. The van der Waals surface area contributed by atoms with Crippen molar-refractivity contribution in [3.8, 4) is 39.1 Å². The molecule has 0 saturated carbocycles. The zero-order chi connectivity index (χ0) is 31.8. The van der Waals surface area contributed by atoms with E-state index in [1.807, 2.05) is 0 Å². The summed E-state index contributed by atoms with van der Waals surface area (Å²) in [5.41, 5.74) is 14.2. The quantitative estimate of drug-likeness (QED) is 0.196. The summed E-state index contributed by atoms with van der Waals surface area (Å²) in [5, 5.41) is 9.36. The average molecular weight is 624 g/mol. The van der Waals surface area contributed by atoms with Gasteiger partial charge in [0.1, 0.15) is 22.3 Å². The predicted octanol–water partition coefficient (Wildman–Crippen LogP) is 13.1. The van der Waals surface area contributed by atoms with Gasteiger partial charge in [-0.15, -0.1) is 0 Å². The zero-order valence-electron chi connectivity index (χ0n) is 26.2. The average Bonchev–Trinajstić information content (AvgIpc) is 3.82. The largest absolute Gasteiger partial charge is 0.456 e. The van der Waals surface area contributed by atoms with Gasteiger partial charge in [-0.1, -0.05) is 103 Å². The van der Waals surface area contributed by atoms with Gasteiger partial charge in [-0.25, -0.2) is 0 Å². The Labute approximate surface area is 279 Å². The number of furan rings is 2. The Morgan fingerprint density at radius 1 is 0.367 bits per heavy atom. The van der Waals surface area contributed by atoms with Crippen molar-refractivity contribution in [2.75, 3.05) is 0 Å². The van der Waals surface area contributed by atoms with E-state index < -0.39 is 0 Å². The molecule has 11 aromatic rings. The Kier molecular flexibility index (Phi) is 4.72. The van der Waals surface area contributed by atoms with Crippen LogP contribution in [0.4, 0.5) is 0 Å². The lowest BCUT2D eigenvalue weighted by Crippen LogP contribution is -1.95. The van der Waals surface area contributed by atoms with Gasteiger partial charge >= 0.3 is 0 Å². The van der Waals surface area contributed by atoms with Crippen LogP contribution in [0.3, 0.4) is 0 Å². The summed E-state index contributed by atoms with van der Waals surface area (Å²) < 4.78 is 16.1. The van der Waals surface area contributed by atoms with Crippen LogP contribution in [0, 0.1) is 0 Å². The Bertz CT molecular complexity index is 3200. The second-order valence-corrected chi connectivity index (χ2v) is 13.2. The Balaban J connectivity index is 1.35. The predicted molar refractivity (Wildman–Crippen MR) is 203 cm³/mol. The molecule has 0 amide bonds. The summed E-state index contributed by atoms with van der Waals surface area (Å²) in [5.74, 6) is 0. The summed E-state index contributed by atoms with van der Waals surface area (Å²) >= 11 is 0. The van der Waals surface area contributed by atoms with Crippen LogP contribution in [0.15, 0.2) is 160 Å². The Morgan fingerprint density at radius 3 is 1.76 bits per heavy atom. The lowest BCUT2D eigenvalue weighted by atomic mass is 9.96. The van der Waals surface area contributed by atoms with Gasteiger partial charge in [0.15, 0.2) is 0 Å². The van der Waals surface area contributed by atoms with Crippen LogP contribution in [-0.2, 0) is 0 Å². The molecule has 3 heteroatoms. The third-order valence-corrected chi connectivity index (χ3v) is 10.7. The molecule has 0 bridgehead atoms. The minimum absolute atomic E-state index is 0.901. The van der Waals surface area contributed by atoms with Crippen LogP contribution < -0.4 is 0 Å². The molecule has 3 aromatic heterocycles. The SMILES string of the molecule is c1ccc(-c2cccc(-n3c4ccc(-c5ccccc5)cc4c4c5oc6cccc7c6c5c5c(ccc6oc8cccc-7c8c65)c43)c2)cc1. The van der Waals surface area contributed by atoms with Crippen LogP contribution in [0.25, 0.3) is 116 Å². The number of benzene rings is 8. The van der Waals surface area contributed by atoms with Crippen LogP contribution >= 0.6 is 0 Å². The second kappa shape index (κ2) is 9.06. The minimum atomic E-state index is 0.901. The van der Waals surface area contributed by atoms with Gasteiger partial charge < -0.3 is 13.4 Å². The third kappa shape index (κ3) is 3.22. The fourth-order valence-corrected chi connectivity index (χ4v) is 8.69. The maximum absolute atomic E-state index is 7.06. The van der Waals surface area contributed by atoms with E-state index in [1.54, 1.807) is 0 Å². The maximum atomic E-state index is 7.06. The van der Waals surface area contributed by atoms with Crippen LogP contribution in [-0.4, -0.2) is 4.57 Å². The molecule has 8 aromatic carbocycles. The molecule has 1 aliphatic carbocycles. The van der Waals surface area contributed by atoms with E-state index in [2.05, 4.69) is 156 Å². The molecule has 0 saturated heterocycles. The molecule has 0 unspecified atom stereocenters. The molecular formula is C46H25NO2. The minimum Gasteiger partial charge on any atom is -0.456 e. The smallest absolute Gasteiger partial charge is 0.146 e. The molecule has 0 fully saturated rings. The van der Waals surface area contributed by atoms with E-state index in [0.29, 0.717) is 0 Å². The molecule has 0 spiro atoms. The fourth-order valence-electron chi connectivity index (χ4n) is 8.69. The molecule has 3 nitrogen and oxygen atoms in total. The van der Waals surface area contributed by atoms with E-state index in [1.165, 1.54) is 65.7 Å². The van der Waals surface area contributed by atoms with Crippen LogP contribution in [0.2, 0.25) is 0 Å². The molecular weight excluding hydrogens is 599 g/mol. The normalized spacial score (nSPS) is 12.5. The van der Waals surface area contributed by atoms with Crippen molar-refractivity contribution in [2.45, 2.75) is 0 Å². The van der Waals surface area contributed by atoms with Crippen molar-refractivity contribution < 1.29 is 8.83 Å². The first-order valence-electron chi connectivity index (χ1n) is 16.8. The fraction of sp³-hybridized carbons (Fsp3) is 0. The Morgan fingerprint density at radius 2 is 1.00 bits per heavy atom. The highest BCUT2D eigenvalue weighted by molar-refractivity contribution is 6.44. The van der Waals surface area contributed by atoms with Gasteiger partial charge in [0.2, 0.25) is 0 Å². The van der Waals surface area contributed by atoms with Gasteiger partial charge in [0.25, 0.3) is 0 Å². The lowest BCUT2D eigenvalue weighted by Gasteiger charge is -2.13. The number of hydrogen-bond donors (Lipinski definition) is 0. The first-order chi connectivity index (χ1) is 24.3. The van der Waals surface area contributed by atoms with Crippen molar-refractivity contribution in [2.24, 2.45) is 0 Å². The van der Waals surface area contributed by atoms with Crippen LogP contribution in [0.5, 0.6) is 0 Å². The highest BCUT2D eigenvalue weighted by Crippen LogP contribution is 2.54. The molecule has 0 N–H and O–H groups in total. The van der Waals surface area contributed by atoms with E-state index >= 15 is 0 Å². The van der Waals surface area contributed by atoms with Crippen LogP contribution in [0.1, 0.15) is 0 Å². The van der Waals surface area contributed by atoms with Gasteiger partial charge in [-0.05, 0) is 81.9 Å². The lowest BCUT2D eigenvalue weighted by molar-refractivity contribution is 0.669. The van der Waals surface area contributed by atoms with E-state index in [-0.39, 0.29) is 0 Å². The Hall–Kier alpha value is -6.58. The molecule has 226 valence electrons. The zero-order valence-corrected chi connectivity index (χ0v) is 26.2. The monoisotopic (exact) mass is 623 g/mol. The molecule has 3 heterocycles. The van der Waals surface area contributed by atoms with Gasteiger partial charge in [0, 0.05) is 43.4 Å². The summed E-state index contributed by atoms with van der Waals surface area (Å²) in [6, 6.07) is 54.4. The summed E-state index contributed by atoms with van der Waals surface area (Å²) in [6.07, 6.45) is 0. The topological polar surface area (TPSA) is 31.2 Å². The maximum Gasteiger partial charge on any atom is 0.146 e. The number of fused-ring (bicyclic) bond motifs is 6. The van der Waals surface area contributed by atoms with Gasteiger partial charge in [-0.2, -0.15) is 0 Å². The summed E-state index contributed by atoms with van der Waals surface area (Å²) in [7, 11) is 0. The van der Waals surface area contributed by atoms with Crippen molar-refractivity contribution in [3.05, 3.63) is 152 Å². The molecule has 0 aliphatic heterocycles. The van der Waals surface area contributed by atoms with Crippen molar-refractivity contribution >= 4 is 76.5 Å². The number of hydrogen-bond acceptors (Lipinski definition) is 2. The molecule has 0 radical (unpaired) electrons. The highest BCUT2D eigenvalue weighted by atomic mass is 16.3. The van der Waals surface area contributed by atoms with E-state index in [0.717, 1.165) is 49.8 Å². The highest BCUT2D eigenvalue weighted by Gasteiger charge is 2.29. The molecule has 0 atom stereocenters. The van der Waals surface area contributed by atoms with Gasteiger partial charge in [-0.3, -0.25) is 0 Å². The number of rotatable bonds is 3. The van der Waals surface area contributed by atoms with E-state index in [4.69, 9.17) is 8.83 Å². The molecule has 12 rings (SSSR count). The number of aromatic nitrogens is 1. The first kappa shape index (κ1) is 25.5. The van der Waals surface area contributed by atoms with Crippen molar-refractivity contribution in [1.29, 1.82) is 0 Å². The third-order valence-electron chi connectivity index (χ3n) is 10.7.